The molecular weight excluding hydrogens is 318 g/mol. The van der Waals surface area contributed by atoms with E-state index in [0.717, 1.165) is 23.4 Å². The van der Waals surface area contributed by atoms with Crippen LogP contribution in [-0.4, -0.2) is 32.6 Å². The number of rotatable bonds is 8. The van der Waals surface area contributed by atoms with E-state index in [1.54, 1.807) is 0 Å². The van der Waals surface area contributed by atoms with Crippen LogP contribution < -0.4 is 10.1 Å². The largest absolute Gasteiger partial charge is 0.493 e. The molecule has 0 aliphatic carbocycles. The summed E-state index contributed by atoms with van der Waals surface area (Å²) < 4.78 is 12.9. The molecule has 0 bridgehead atoms. The van der Waals surface area contributed by atoms with Crippen molar-refractivity contribution in [3.63, 3.8) is 0 Å². The van der Waals surface area contributed by atoms with Crippen molar-refractivity contribution in [2.45, 2.75) is 39.9 Å². The van der Waals surface area contributed by atoms with Crippen LogP contribution in [0.15, 0.2) is 41.2 Å². The van der Waals surface area contributed by atoms with Crippen LogP contribution in [0.25, 0.3) is 11.4 Å². The van der Waals surface area contributed by atoms with Gasteiger partial charge < -0.3 is 14.6 Å². The average Bonchev–Trinajstić information content (AvgIpc) is 3.23. The fourth-order valence-corrected chi connectivity index (χ4v) is 2.54. The quantitative estimate of drug-likeness (QED) is 0.679. The summed E-state index contributed by atoms with van der Waals surface area (Å²) in [4.78, 5) is 4.46. The van der Waals surface area contributed by atoms with Crippen molar-refractivity contribution >= 4 is 0 Å². The highest BCUT2D eigenvalue weighted by atomic mass is 16.5. The lowest BCUT2D eigenvalue weighted by Crippen LogP contribution is -2.30. The van der Waals surface area contributed by atoms with Gasteiger partial charge in [0.1, 0.15) is 5.75 Å². The monoisotopic (exact) mass is 341 g/mol. The first kappa shape index (κ1) is 17.2. The second kappa shape index (κ2) is 7.94. The molecule has 0 radical (unpaired) electrons. The molecular formula is C18H23N5O2. The minimum Gasteiger partial charge on any atom is -0.493 e. The number of aromatic nitrogens is 4. The molecule has 132 valence electrons. The first-order valence-corrected chi connectivity index (χ1v) is 8.43. The molecule has 1 aromatic carbocycles. The summed E-state index contributed by atoms with van der Waals surface area (Å²) in [5.74, 6) is 1.84. The topological polar surface area (TPSA) is 78.0 Å². The first-order valence-electron chi connectivity index (χ1n) is 8.43. The van der Waals surface area contributed by atoms with E-state index in [0.29, 0.717) is 24.9 Å². The number of benzene rings is 1. The molecule has 0 fully saturated rings. The van der Waals surface area contributed by atoms with Crippen molar-refractivity contribution in [1.82, 2.24) is 25.2 Å². The minimum atomic E-state index is 0.227. The molecule has 25 heavy (non-hydrogen) atoms. The van der Waals surface area contributed by atoms with Crippen LogP contribution in [0, 0.1) is 6.92 Å². The molecule has 1 atom stereocenters. The van der Waals surface area contributed by atoms with E-state index >= 15 is 0 Å². The summed E-state index contributed by atoms with van der Waals surface area (Å²) in [5, 5.41) is 11.7. The Morgan fingerprint density at radius 2 is 2.16 bits per heavy atom. The Hall–Kier alpha value is -2.67. The zero-order chi connectivity index (χ0) is 17.6. The molecule has 2 heterocycles. The summed E-state index contributed by atoms with van der Waals surface area (Å²) in [6.07, 6.45) is 3.88. The zero-order valence-electron chi connectivity index (χ0n) is 14.8. The number of para-hydroxylation sites is 1. The molecule has 1 N–H and O–H groups in total. The molecule has 7 nitrogen and oxygen atoms in total. The van der Waals surface area contributed by atoms with Crippen LogP contribution in [0.2, 0.25) is 0 Å². The molecule has 7 heteroatoms. The normalized spacial score (nSPS) is 12.3. The second-order valence-electron chi connectivity index (χ2n) is 5.96. The third-order valence-electron chi connectivity index (χ3n) is 3.72. The lowest BCUT2D eigenvalue weighted by Gasteiger charge is -2.11. The number of nitrogens with one attached hydrogen (secondary N) is 1. The maximum atomic E-state index is 5.62. The van der Waals surface area contributed by atoms with Gasteiger partial charge in [-0.15, -0.1) is 0 Å². The van der Waals surface area contributed by atoms with Gasteiger partial charge in [0.2, 0.25) is 11.7 Å². The van der Waals surface area contributed by atoms with Gasteiger partial charge in [-0.2, -0.15) is 10.1 Å². The van der Waals surface area contributed by atoms with Crippen LogP contribution in [-0.2, 0) is 13.1 Å². The van der Waals surface area contributed by atoms with Gasteiger partial charge in [-0.3, -0.25) is 4.68 Å². The Balaban J connectivity index is 1.60. The maximum absolute atomic E-state index is 5.62. The van der Waals surface area contributed by atoms with Crippen LogP contribution in [0.4, 0.5) is 0 Å². The van der Waals surface area contributed by atoms with E-state index in [2.05, 4.69) is 27.5 Å². The summed E-state index contributed by atoms with van der Waals surface area (Å²) >= 11 is 0. The van der Waals surface area contributed by atoms with Crippen molar-refractivity contribution < 1.29 is 9.26 Å². The lowest BCUT2D eigenvalue weighted by atomic mass is 10.2. The molecule has 3 rings (SSSR count). The van der Waals surface area contributed by atoms with E-state index < -0.39 is 0 Å². The summed E-state index contributed by atoms with van der Waals surface area (Å²) in [7, 11) is 0. The van der Waals surface area contributed by atoms with Crippen LogP contribution in [0.5, 0.6) is 5.75 Å². The third kappa shape index (κ3) is 4.45. The fourth-order valence-electron chi connectivity index (χ4n) is 2.54. The number of ether oxygens (including phenoxy) is 1. The molecule has 0 amide bonds. The van der Waals surface area contributed by atoms with Crippen LogP contribution in [0.1, 0.15) is 25.3 Å². The predicted molar refractivity (Wildman–Crippen MR) is 94.2 cm³/mol. The summed E-state index contributed by atoms with van der Waals surface area (Å²) in [5.41, 5.74) is 1.99. The number of aryl methyl sites for hydroxylation is 1. The van der Waals surface area contributed by atoms with Crippen molar-refractivity contribution in [3.8, 4) is 17.1 Å². The predicted octanol–water partition coefficient (Wildman–Crippen LogP) is 2.82. The summed E-state index contributed by atoms with van der Waals surface area (Å²) in [6, 6.07) is 7.91. The van der Waals surface area contributed by atoms with Gasteiger partial charge in [0.15, 0.2) is 0 Å². The van der Waals surface area contributed by atoms with Crippen LogP contribution >= 0.6 is 0 Å². The van der Waals surface area contributed by atoms with Gasteiger partial charge in [-0.05, 0) is 38.5 Å². The van der Waals surface area contributed by atoms with Gasteiger partial charge in [-0.1, -0.05) is 17.3 Å². The number of hydrogen-bond acceptors (Lipinski definition) is 6. The lowest BCUT2D eigenvalue weighted by molar-refractivity contribution is 0.340. The van der Waals surface area contributed by atoms with Gasteiger partial charge >= 0.3 is 0 Å². The standard InChI is InChI=1S/C18H23N5O2/c1-4-24-16-8-6-5-7-15(16)18-21-17(25-22-18)10-19-14(3)12-23-11-13(2)9-20-23/h5-9,11,14,19H,4,10,12H2,1-3H3/t14-/m0/s1. The smallest absolute Gasteiger partial charge is 0.240 e. The molecule has 0 aliphatic rings. The van der Waals surface area contributed by atoms with Crippen molar-refractivity contribution in [2.75, 3.05) is 6.61 Å². The molecule has 2 aromatic heterocycles. The summed E-state index contributed by atoms with van der Waals surface area (Å²) in [6.45, 7) is 7.95. The highest BCUT2D eigenvalue weighted by Crippen LogP contribution is 2.27. The molecule has 0 aliphatic heterocycles. The second-order valence-corrected chi connectivity index (χ2v) is 5.96. The Labute approximate surface area is 147 Å². The van der Waals surface area contributed by atoms with Crippen molar-refractivity contribution in [1.29, 1.82) is 0 Å². The molecule has 0 unspecified atom stereocenters. The van der Waals surface area contributed by atoms with E-state index in [9.17, 15) is 0 Å². The van der Waals surface area contributed by atoms with Crippen molar-refractivity contribution in [2.24, 2.45) is 0 Å². The van der Waals surface area contributed by atoms with Crippen LogP contribution in [0.3, 0.4) is 0 Å². The van der Waals surface area contributed by atoms with E-state index in [-0.39, 0.29) is 6.04 Å². The van der Waals surface area contributed by atoms with E-state index in [1.165, 1.54) is 0 Å². The SMILES string of the molecule is CCOc1ccccc1-c1noc(CN[C@@H](C)Cn2cc(C)cn2)n1. The zero-order valence-corrected chi connectivity index (χ0v) is 14.8. The van der Waals surface area contributed by atoms with Gasteiger partial charge in [0.05, 0.1) is 31.5 Å². The van der Waals surface area contributed by atoms with Gasteiger partial charge in [0, 0.05) is 12.2 Å². The Morgan fingerprint density at radius 1 is 1.32 bits per heavy atom. The molecule has 0 spiro atoms. The highest BCUT2D eigenvalue weighted by molar-refractivity contribution is 5.63. The Morgan fingerprint density at radius 3 is 2.92 bits per heavy atom. The van der Waals surface area contributed by atoms with E-state index in [1.807, 2.05) is 55.2 Å². The average molecular weight is 341 g/mol. The molecule has 0 saturated heterocycles. The molecule has 3 aromatic rings. The highest BCUT2D eigenvalue weighted by Gasteiger charge is 2.14. The van der Waals surface area contributed by atoms with E-state index in [4.69, 9.17) is 9.26 Å². The number of nitrogens with zero attached hydrogens (tertiary/aromatic N) is 4. The minimum absolute atomic E-state index is 0.227. The number of hydrogen-bond donors (Lipinski definition) is 1. The third-order valence-corrected chi connectivity index (χ3v) is 3.72. The van der Waals surface area contributed by atoms with Gasteiger partial charge in [-0.25, -0.2) is 0 Å². The maximum Gasteiger partial charge on any atom is 0.240 e. The fraction of sp³-hybridized carbons (Fsp3) is 0.389. The Bertz CT molecular complexity index is 811. The van der Waals surface area contributed by atoms with Crippen molar-refractivity contribution in [3.05, 3.63) is 48.1 Å². The van der Waals surface area contributed by atoms with Gasteiger partial charge in [0.25, 0.3) is 0 Å². The molecule has 0 saturated carbocycles. The first-order chi connectivity index (χ1) is 12.2. The Kier molecular flexibility index (Phi) is 5.45.